The van der Waals surface area contributed by atoms with Crippen LogP contribution in [0.2, 0.25) is 0 Å². The quantitative estimate of drug-likeness (QED) is 0.612. The molecule has 3 rings (SSSR count). The van der Waals surface area contributed by atoms with Crippen LogP contribution < -0.4 is 0 Å². The van der Waals surface area contributed by atoms with Crippen molar-refractivity contribution in [1.82, 2.24) is 9.97 Å². The molecular formula is C21H28N2. The van der Waals surface area contributed by atoms with Crippen molar-refractivity contribution < 1.29 is 0 Å². The van der Waals surface area contributed by atoms with Gasteiger partial charge in [0.15, 0.2) is 0 Å². The molecule has 1 saturated carbocycles. The summed E-state index contributed by atoms with van der Waals surface area (Å²) in [6, 6.07) is 12.4. The van der Waals surface area contributed by atoms with Crippen molar-refractivity contribution in [2.45, 2.75) is 64.2 Å². The molecule has 0 radical (unpaired) electrons. The lowest BCUT2D eigenvalue weighted by Gasteiger charge is -2.27. The zero-order valence-electron chi connectivity index (χ0n) is 14.2. The summed E-state index contributed by atoms with van der Waals surface area (Å²) in [4.78, 5) is 9.43. The van der Waals surface area contributed by atoms with Crippen molar-refractivity contribution in [2.24, 2.45) is 5.92 Å². The first kappa shape index (κ1) is 16.2. The predicted molar refractivity (Wildman–Crippen MR) is 96.3 cm³/mol. The Bertz CT molecular complexity index is 586. The van der Waals surface area contributed by atoms with Crippen LogP contribution in [0.3, 0.4) is 0 Å². The van der Waals surface area contributed by atoms with E-state index < -0.39 is 0 Å². The molecule has 2 aromatic rings. The number of hydrogen-bond acceptors (Lipinski definition) is 2. The molecule has 1 aromatic heterocycles. The first-order chi connectivity index (χ1) is 11.4. The van der Waals surface area contributed by atoms with Gasteiger partial charge in [0.1, 0.15) is 5.82 Å². The minimum atomic E-state index is 0.557. The number of rotatable bonds is 6. The maximum absolute atomic E-state index is 4.86. The Balaban J connectivity index is 1.61. The highest BCUT2D eigenvalue weighted by atomic mass is 14.9. The molecule has 23 heavy (non-hydrogen) atoms. The van der Waals surface area contributed by atoms with E-state index in [0.717, 1.165) is 17.4 Å². The summed E-state index contributed by atoms with van der Waals surface area (Å²) in [7, 11) is 0. The fourth-order valence-corrected chi connectivity index (χ4v) is 3.73. The average molecular weight is 308 g/mol. The molecule has 0 atom stereocenters. The number of hydrogen-bond donors (Lipinski definition) is 0. The summed E-state index contributed by atoms with van der Waals surface area (Å²) >= 11 is 0. The zero-order chi connectivity index (χ0) is 15.9. The van der Waals surface area contributed by atoms with E-state index in [-0.39, 0.29) is 0 Å². The fourth-order valence-electron chi connectivity index (χ4n) is 3.73. The first-order valence-corrected chi connectivity index (χ1v) is 9.25. The predicted octanol–water partition coefficient (Wildman–Crippen LogP) is 6.00. The summed E-state index contributed by atoms with van der Waals surface area (Å²) in [5.41, 5.74) is 2.24. The minimum absolute atomic E-state index is 0.557. The van der Waals surface area contributed by atoms with Crippen molar-refractivity contribution in [3.05, 3.63) is 48.4 Å². The van der Waals surface area contributed by atoms with Gasteiger partial charge in [-0.3, -0.25) is 0 Å². The monoisotopic (exact) mass is 308 g/mol. The van der Waals surface area contributed by atoms with E-state index in [0.29, 0.717) is 5.92 Å². The molecule has 2 heteroatoms. The molecule has 0 unspecified atom stereocenters. The summed E-state index contributed by atoms with van der Waals surface area (Å²) in [6.07, 6.45) is 12.7. The van der Waals surface area contributed by atoms with Crippen molar-refractivity contribution >= 4 is 0 Å². The molecule has 0 N–H and O–H groups in total. The molecule has 1 aliphatic carbocycles. The largest absolute Gasteiger partial charge is 0.241 e. The number of aromatic nitrogens is 2. The van der Waals surface area contributed by atoms with E-state index in [1.165, 1.54) is 56.9 Å². The van der Waals surface area contributed by atoms with E-state index in [2.05, 4.69) is 36.2 Å². The molecule has 2 nitrogen and oxygen atoms in total. The number of unbranched alkanes of at least 4 members (excludes halogenated alkanes) is 2. The lowest BCUT2D eigenvalue weighted by molar-refractivity contribution is 0.297. The zero-order valence-corrected chi connectivity index (χ0v) is 14.2. The molecule has 0 amide bonds. The van der Waals surface area contributed by atoms with Gasteiger partial charge in [-0.25, -0.2) is 9.97 Å². The summed E-state index contributed by atoms with van der Waals surface area (Å²) in [5, 5.41) is 0. The highest BCUT2D eigenvalue weighted by molar-refractivity contribution is 5.58. The summed E-state index contributed by atoms with van der Waals surface area (Å²) < 4.78 is 0. The third-order valence-electron chi connectivity index (χ3n) is 5.17. The van der Waals surface area contributed by atoms with Gasteiger partial charge < -0.3 is 0 Å². The standard InChI is InChI=1S/C21H28N2/c1-2-3-5-8-17-11-13-19(14-12-17)21-22-16-15-20(23-21)18-9-6-4-7-10-18/h4,6-7,9-10,15-17,19H,2-3,5,8,11-14H2,1H3. The van der Waals surface area contributed by atoms with Gasteiger partial charge in [-0.1, -0.05) is 62.9 Å². The van der Waals surface area contributed by atoms with Gasteiger partial charge in [-0.05, 0) is 37.7 Å². The average Bonchev–Trinajstić information content (AvgIpc) is 2.63. The van der Waals surface area contributed by atoms with Gasteiger partial charge in [0.25, 0.3) is 0 Å². The van der Waals surface area contributed by atoms with E-state index in [9.17, 15) is 0 Å². The van der Waals surface area contributed by atoms with Gasteiger partial charge >= 0.3 is 0 Å². The van der Waals surface area contributed by atoms with Gasteiger partial charge in [0, 0.05) is 17.7 Å². The molecule has 0 aliphatic heterocycles. The van der Waals surface area contributed by atoms with Crippen molar-refractivity contribution in [1.29, 1.82) is 0 Å². The second kappa shape index (κ2) is 8.24. The smallest absolute Gasteiger partial charge is 0.132 e. The van der Waals surface area contributed by atoms with Crippen LogP contribution in [0.5, 0.6) is 0 Å². The maximum atomic E-state index is 4.86. The van der Waals surface area contributed by atoms with E-state index in [4.69, 9.17) is 4.98 Å². The van der Waals surface area contributed by atoms with E-state index in [1.807, 2.05) is 18.3 Å². The molecule has 0 saturated heterocycles. The Morgan fingerprint density at radius 2 is 1.74 bits per heavy atom. The Morgan fingerprint density at radius 3 is 2.48 bits per heavy atom. The van der Waals surface area contributed by atoms with Crippen LogP contribution in [0.15, 0.2) is 42.6 Å². The highest BCUT2D eigenvalue weighted by Crippen LogP contribution is 2.36. The lowest BCUT2D eigenvalue weighted by Crippen LogP contribution is -2.15. The van der Waals surface area contributed by atoms with Crippen LogP contribution in [0, 0.1) is 5.92 Å². The van der Waals surface area contributed by atoms with E-state index >= 15 is 0 Å². The Kier molecular flexibility index (Phi) is 5.79. The second-order valence-electron chi connectivity index (χ2n) is 6.88. The Hall–Kier alpha value is -1.70. The second-order valence-corrected chi connectivity index (χ2v) is 6.88. The molecule has 1 fully saturated rings. The fraction of sp³-hybridized carbons (Fsp3) is 0.524. The highest BCUT2D eigenvalue weighted by Gasteiger charge is 2.24. The molecule has 122 valence electrons. The molecule has 1 heterocycles. The molecule has 0 spiro atoms. The maximum Gasteiger partial charge on any atom is 0.132 e. The van der Waals surface area contributed by atoms with Gasteiger partial charge in [-0.15, -0.1) is 0 Å². The molecule has 1 aliphatic rings. The van der Waals surface area contributed by atoms with Crippen molar-refractivity contribution in [3.63, 3.8) is 0 Å². The van der Waals surface area contributed by atoms with Crippen LogP contribution in [0.25, 0.3) is 11.3 Å². The molecular weight excluding hydrogens is 280 g/mol. The Labute approximate surface area is 140 Å². The van der Waals surface area contributed by atoms with Crippen LogP contribution in [0.4, 0.5) is 0 Å². The molecule has 1 aromatic carbocycles. The third kappa shape index (κ3) is 4.40. The third-order valence-corrected chi connectivity index (χ3v) is 5.17. The van der Waals surface area contributed by atoms with Crippen molar-refractivity contribution in [3.8, 4) is 11.3 Å². The van der Waals surface area contributed by atoms with Gasteiger partial charge in [0.2, 0.25) is 0 Å². The van der Waals surface area contributed by atoms with Crippen LogP contribution >= 0.6 is 0 Å². The van der Waals surface area contributed by atoms with Crippen LogP contribution in [0.1, 0.15) is 70.0 Å². The summed E-state index contributed by atoms with van der Waals surface area (Å²) in [6.45, 7) is 2.29. The number of nitrogens with zero attached hydrogens (tertiary/aromatic N) is 2. The van der Waals surface area contributed by atoms with Gasteiger partial charge in [-0.2, -0.15) is 0 Å². The van der Waals surface area contributed by atoms with E-state index in [1.54, 1.807) is 0 Å². The number of benzene rings is 1. The molecule has 0 bridgehead atoms. The SMILES string of the molecule is CCCCCC1CCC(c2nccc(-c3ccccc3)n2)CC1. The van der Waals surface area contributed by atoms with Crippen LogP contribution in [-0.2, 0) is 0 Å². The Morgan fingerprint density at radius 1 is 0.957 bits per heavy atom. The minimum Gasteiger partial charge on any atom is -0.241 e. The topological polar surface area (TPSA) is 25.8 Å². The van der Waals surface area contributed by atoms with Gasteiger partial charge in [0.05, 0.1) is 5.69 Å². The van der Waals surface area contributed by atoms with Crippen LogP contribution in [-0.4, -0.2) is 9.97 Å². The lowest BCUT2D eigenvalue weighted by atomic mass is 9.79. The summed E-state index contributed by atoms with van der Waals surface area (Å²) in [5.74, 6) is 2.55. The first-order valence-electron chi connectivity index (χ1n) is 9.25. The van der Waals surface area contributed by atoms with Crippen molar-refractivity contribution in [2.75, 3.05) is 0 Å². The normalized spacial score (nSPS) is 21.3.